The van der Waals surface area contributed by atoms with Crippen molar-refractivity contribution in [2.75, 3.05) is 14.2 Å². The lowest BCUT2D eigenvalue weighted by atomic mass is 9.78. The number of nitrogens with zero attached hydrogens (tertiary/aromatic N) is 1. The van der Waals surface area contributed by atoms with Gasteiger partial charge >= 0.3 is 6.18 Å². The molecule has 0 spiro atoms. The van der Waals surface area contributed by atoms with Crippen LogP contribution in [0.25, 0.3) is 0 Å². The van der Waals surface area contributed by atoms with Crippen LogP contribution in [0, 0.1) is 0 Å². The molecule has 1 saturated carbocycles. The van der Waals surface area contributed by atoms with E-state index < -0.39 is 16.8 Å². The average Bonchev–Trinajstić information content (AvgIpc) is 2.90. The Morgan fingerprint density at radius 3 is 2.45 bits per heavy atom. The highest BCUT2D eigenvalue weighted by Gasteiger charge is 2.43. The second-order valence-electron chi connectivity index (χ2n) is 5.12. The topological polar surface area (TPSA) is 34.2 Å². The predicted octanol–water partition coefficient (Wildman–Crippen LogP) is 3.77. The third-order valence-corrected chi connectivity index (χ3v) is 5.08. The number of hydrogen-bond acceptors (Lipinski definition) is 4. The van der Waals surface area contributed by atoms with E-state index in [0.29, 0.717) is 16.2 Å². The van der Waals surface area contributed by atoms with E-state index in [4.69, 9.17) is 4.74 Å². The molecule has 0 aliphatic heterocycles. The van der Waals surface area contributed by atoms with E-state index in [1.165, 1.54) is 6.20 Å². The van der Waals surface area contributed by atoms with Crippen LogP contribution in [0.3, 0.4) is 0 Å². The average molecular weight is 308 g/mol. The molecule has 0 radical (unpaired) electrons. The highest BCUT2D eigenvalue weighted by molar-refractivity contribution is 7.11. The summed E-state index contributed by atoms with van der Waals surface area (Å²) < 4.78 is 43.8. The maximum Gasteiger partial charge on any atom is 0.443 e. The summed E-state index contributed by atoms with van der Waals surface area (Å²) in [4.78, 5) is 4.10. The van der Waals surface area contributed by atoms with Crippen LogP contribution in [0.5, 0.6) is 0 Å². The molecule has 1 heterocycles. The Hall–Kier alpha value is -0.660. The Bertz CT molecular complexity index is 441. The first-order valence-corrected chi connectivity index (χ1v) is 7.50. The molecule has 1 fully saturated rings. The van der Waals surface area contributed by atoms with Crippen LogP contribution in [0.15, 0.2) is 6.20 Å². The number of halogens is 3. The molecule has 0 amide bonds. The molecule has 1 aliphatic rings. The number of ether oxygens (including phenoxy) is 1. The number of thiazole rings is 1. The van der Waals surface area contributed by atoms with E-state index in [2.05, 4.69) is 10.3 Å². The van der Waals surface area contributed by atoms with Crippen LogP contribution >= 0.6 is 11.3 Å². The molecule has 1 aliphatic carbocycles. The SMILES string of the molecule is CNC(c1cnc(C(F)(F)F)s1)C1(OC)CCCCC1. The Balaban J connectivity index is 2.29. The molecule has 114 valence electrons. The van der Waals surface area contributed by atoms with Gasteiger partial charge in [-0.15, -0.1) is 11.3 Å². The van der Waals surface area contributed by atoms with Crippen molar-refractivity contribution >= 4 is 11.3 Å². The van der Waals surface area contributed by atoms with Gasteiger partial charge in [0.25, 0.3) is 0 Å². The zero-order valence-electron chi connectivity index (χ0n) is 11.6. The number of likely N-dealkylation sites (N-methyl/N-ethyl adjacent to an activating group) is 1. The Labute approximate surface area is 120 Å². The van der Waals surface area contributed by atoms with Crippen molar-refractivity contribution in [3.63, 3.8) is 0 Å². The van der Waals surface area contributed by atoms with E-state index in [9.17, 15) is 13.2 Å². The summed E-state index contributed by atoms with van der Waals surface area (Å²) in [5, 5.41) is 2.33. The number of aromatic nitrogens is 1. The predicted molar refractivity (Wildman–Crippen MR) is 71.7 cm³/mol. The highest BCUT2D eigenvalue weighted by Crippen LogP contribution is 2.44. The maximum atomic E-state index is 12.7. The van der Waals surface area contributed by atoms with Gasteiger partial charge in [-0.1, -0.05) is 19.3 Å². The van der Waals surface area contributed by atoms with E-state index >= 15 is 0 Å². The Morgan fingerprint density at radius 1 is 1.35 bits per heavy atom. The first kappa shape index (κ1) is 15.7. The molecule has 7 heteroatoms. The monoisotopic (exact) mass is 308 g/mol. The fourth-order valence-corrected chi connectivity index (χ4v) is 3.98. The molecule has 0 bridgehead atoms. The van der Waals surface area contributed by atoms with Crippen molar-refractivity contribution in [3.05, 3.63) is 16.1 Å². The van der Waals surface area contributed by atoms with Gasteiger partial charge in [0.1, 0.15) is 0 Å². The molecule has 20 heavy (non-hydrogen) atoms. The molecular weight excluding hydrogens is 289 g/mol. The minimum absolute atomic E-state index is 0.249. The number of methoxy groups -OCH3 is 1. The van der Waals surface area contributed by atoms with Crippen molar-refractivity contribution in [1.82, 2.24) is 10.3 Å². The van der Waals surface area contributed by atoms with Crippen LogP contribution in [-0.2, 0) is 10.9 Å². The molecule has 2 rings (SSSR count). The van der Waals surface area contributed by atoms with Gasteiger partial charge in [-0.2, -0.15) is 13.2 Å². The number of rotatable bonds is 4. The van der Waals surface area contributed by atoms with E-state index in [-0.39, 0.29) is 6.04 Å². The minimum atomic E-state index is -4.38. The number of nitrogens with one attached hydrogen (secondary N) is 1. The van der Waals surface area contributed by atoms with Crippen molar-refractivity contribution < 1.29 is 17.9 Å². The Morgan fingerprint density at radius 2 is 2.00 bits per heavy atom. The molecule has 0 saturated heterocycles. The van der Waals surface area contributed by atoms with Crippen LogP contribution in [-0.4, -0.2) is 24.7 Å². The first-order valence-electron chi connectivity index (χ1n) is 6.68. The summed E-state index contributed by atoms with van der Waals surface area (Å²) in [6, 6.07) is -0.249. The highest BCUT2D eigenvalue weighted by atomic mass is 32.1. The second-order valence-corrected chi connectivity index (χ2v) is 6.18. The summed E-state index contributed by atoms with van der Waals surface area (Å²) in [5.74, 6) is 0. The summed E-state index contributed by atoms with van der Waals surface area (Å²) in [6.07, 6.45) is 1.88. The van der Waals surface area contributed by atoms with Crippen LogP contribution < -0.4 is 5.32 Å². The summed E-state index contributed by atoms with van der Waals surface area (Å²) in [6.45, 7) is 0. The third-order valence-electron chi connectivity index (χ3n) is 3.97. The maximum absolute atomic E-state index is 12.7. The van der Waals surface area contributed by atoms with Crippen LogP contribution in [0.4, 0.5) is 13.2 Å². The van der Waals surface area contributed by atoms with E-state index in [1.807, 2.05) is 0 Å². The molecule has 1 aromatic rings. The Kier molecular flexibility index (Phi) is 4.71. The molecule has 1 atom stereocenters. The molecular formula is C13H19F3N2OS. The van der Waals surface area contributed by atoms with Crippen molar-refractivity contribution in [2.24, 2.45) is 0 Å². The quantitative estimate of drug-likeness (QED) is 0.919. The van der Waals surface area contributed by atoms with Gasteiger partial charge in [0.05, 0.1) is 11.6 Å². The third kappa shape index (κ3) is 2.99. The van der Waals surface area contributed by atoms with Gasteiger partial charge in [-0.3, -0.25) is 0 Å². The summed E-state index contributed by atoms with van der Waals surface area (Å²) >= 11 is 0.701. The summed E-state index contributed by atoms with van der Waals surface area (Å²) in [5.41, 5.74) is -0.428. The zero-order valence-corrected chi connectivity index (χ0v) is 12.4. The van der Waals surface area contributed by atoms with Crippen molar-refractivity contribution in [3.8, 4) is 0 Å². The molecule has 1 unspecified atom stereocenters. The second kappa shape index (κ2) is 5.99. The van der Waals surface area contributed by atoms with E-state index in [1.54, 1.807) is 14.2 Å². The molecule has 0 aromatic carbocycles. The first-order chi connectivity index (χ1) is 9.43. The molecule has 1 N–H and O–H groups in total. The van der Waals surface area contributed by atoms with Crippen molar-refractivity contribution in [2.45, 2.75) is 49.9 Å². The van der Waals surface area contributed by atoms with Gasteiger partial charge in [0.15, 0.2) is 5.01 Å². The van der Waals surface area contributed by atoms with Crippen LogP contribution in [0.2, 0.25) is 0 Å². The van der Waals surface area contributed by atoms with Gasteiger partial charge in [0, 0.05) is 18.2 Å². The van der Waals surface area contributed by atoms with Gasteiger partial charge in [0.2, 0.25) is 0 Å². The smallest absolute Gasteiger partial charge is 0.376 e. The lowest BCUT2D eigenvalue weighted by Gasteiger charge is -2.41. The summed E-state index contributed by atoms with van der Waals surface area (Å²) in [7, 11) is 3.40. The molecule has 1 aromatic heterocycles. The normalized spacial score (nSPS) is 20.9. The largest absolute Gasteiger partial charge is 0.443 e. The van der Waals surface area contributed by atoms with Crippen molar-refractivity contribution in [1.29, 1.82) is 0 Å². The lowest BCUT2D eigenvalue weighted by molar-refractivity contribution is -0.137. The van der Waals surface area contributed by atoms with Gasteiger partial charge in [-0.25, -0.2) is 4.98 Å². The number of alkyl halides is 3. The molecule has 3 nitrogen and oxygen atoms in total. The standard InChI is InChI=1S/C13H19F3N2OS/c1-17-10(12(19-2)6-4-3-5-7-12)9-8-18-11(20-9)13(14,15)16/h8,10,17H,3-7H2,1-2H3. The van der Waals surface area contributed by atoms with Gasteiger partial charge in [-0.05, 0) is 19.9 Å². The lowest BCUT2D eigenvalue weighted by Crippen LogP contribution is -2.45. The fraction of sp³-hybridized carbons (Fsp3) is 0.769. The number of hydrogen-bond donors (Lipinski definition) is 1. The fourth-order valence-electron chi connectivity index (χ4n) is 2.98. The zero-order chi connectivity index (χ0) is 14.8. The van der Waals surface area contributed by atoms with E-state index in [0.717, 1.165) is 32.1 Å². The van der Waals surface area contributed by atoms with Gasteiger partial charge < -0.3 is 10.1 Å². The van der Waals surface area contributed by atoms with Crippen LogP contribution in [0.1, 0.15) is 48.0 Å². The minimum Gasteiger partial charge on any atom is -0.376 e.